The molecule has 0 saturated carbocycles. The van der Waals surface area contributed by atoms with E-state index in [-0.39, 0.29) is 28.9 Å². The van der Waals surface area contributed by atoms with Crippen LogP contribution in [0.3, 0.4) is 0 Å². The monoisotopic (exact) mass is 302 g/mol. The molecule has 0 spiro atoms. The fourth-order valence-electron chi connectivity index (χ4n) is 2.30. The van der Waals surface area contributed by atoms with Gasteiger partial charge in [0.2, 0.25) is 0 Å². The molecular weight excluding hydrogens is 283 g/mol. The molecule has 1 aromatic carbocycles. The standard InChI is InChI=1S/C16H19FN4O/c1-3-21(11(2)10-18)16(22)12-6-4-7-13(17)14(12)15-19-8-5-9-20-15/h4-9,11H,3,10,18H2,1-2H3/t11-/m0/s1. The van der Waals surface area contributed by atoms with E-state index in [0.717, 1.165) is 0 Å². The van der Waals surface area contributed by atoms with Crippen LogP contribution < -0.4 is 5.73 Å². The topological polar surface area (TPSA) is 72.1 Å². The largest absolute Gasteiger partial charge is 0.335 e. The van der Waals surface area contributed by atoms with Crippen LogP contribution in [0.2, 0.25) is 0 Å². The van der Waals surface area contributed by atoms with E-state index < -0.39 is 5.82 Å². The van der Waals surface area contributed by atoms with Gasteiger partial charge in [0.05, 0.1) is 11.1 Å². The fraction of sp³-hybridized carbons (Fsp3) is 0.312. The number of halogens is 1. The first kappa shape index (κ1) is 16.0. The van der Waals surface area contributed by atoms with Gasteiger partial charge >= 0.3 is 0 Å². The summed E-state index contributed by atoms with van der Waals surface area (Å²) >= 11 is 0. The molecule has 0 radical (unpaired) electrons. The molecule has 22 heavy (non-hydrogen) atoms. The first-order valence-electron chi connectivity index (χ1n) is 7.17. The molecular formula is C16H19FN4O. The average Bonchev–Trinajstić information content (AvgIpc) is 2.55. The molecule has 1 aromatic heterocycles. The Morgan fingerprint density at radius 2 is 2.00 bits per heavy atom. The summed E-state index contributed by atoms with van der Waals surface area (Å²) < 4.78 is 14.3. The SMILES string of the molecule is CCN(C(=O)c1cccc(F)c1-c1ncccn1)[C@@H](C)CN. The summed E-state index contributed by atoms with van der Waals surface area (Å²) in [4.78, 5) is 22.5. The lowest BCUT2D eigenvalue weighted by Gasteiger charge is -2.27. The molecule has 2 N–H and O–H groups in total. The van der Waals surface area contributed by atoms with Gasteiger partial charge in [0.1, 0.15) is 5.82 Å². The molecule has 0 bridgehead atoms. The summed E-state index contributed by atoms with van der Waals surface area (Å²) in [6, 6.07) is 5.90. The van der Waals surface area contributed by atoms with E-state index >= 15 is 0 Å². The van der Waals surface area contributed by atoms with Gasteiger partial charge in [-0.3, -0.25) is 4.79 Å². The lowest BCUT2D eigenvalue weighted by Crippen LogP contribution is -2.42. The number of amides is 1. The summed E-state index contributed by atoms with van der Waals surface area (Å²) in [6.45, 7) is 4.55. The first-order valence-corrected chi connectivity index (χ1v) is 7.17. The number of aromatic nitrogens is 2. The number of nitrogens with two attached hydrogens (primary N) is 1. The average molecular weight is 302 g/mol. The number of benzene rings is 1. The maximum Gasteiger partial charge on any atom is 0.254 e. The maximum atomic E-state index is 14.3. The zero-order valence-electron chi connectivity index (χ0n) is 12.7. The van der Waals surface area contributed by atoms with Crippen molar-refractivity contribution in [2.75, 3.05) is 13.1 Å². The minimum absolute atomic E-state index is 0.121. The van der Waals surface area contributed by atoms with Gasteiger partial charge in [0.25, 0.3) is 5.91 Å². The highest BCUT2D eigenvalue weighted by atomic mass is 19.1. The van der Waals surface area contributed by atoms with Crippen LogP contribution in [0.15, 0.2) is 36.7 Å². The second-order valence-electron chi connectivity index (χ2n) is 4.91. The molecule has 0 aliphatic heterocycles. The van der Waals surface area contributed by atoms with Gasteiger partial charge < -0.3 is 10.6 Å². The molecule has 0 fully saturated rings. The summed E-state index contributed by atoms with van der Waals surface area (Å²) in [7, 11) is 0. The third kappa shape index (κ3) is 3.12. The van der Waals surface area contributed by atoms with Crippen molar-refractivity contribution in [2.24, 2.45) is 5.73 Å². The van der Waals surface area contributed by atoms with E-state index in [2.05, 4.69) is 9.97 Å². The van der Waals surface area contributed by atoms with Gasteiger partial charge in [-0.15, -0.1) is 0 Å². The zero-order chi connectivity index (χ0) is 16.1. The first-order chi connectivity index (χ1) is 10.6. The smallest absolute Gasteiger partial charge is 0.254 e. The Morgan fingerprint density at radius 3 is 2.59 bits per heavy atom. The van der Waals surface area contributed by atoms with Crippen molar-refractivity contribution in [3.05, 3.63) is 48.0 Å². The number of carbonyl (C=O) groups excluding carboxylic acids is 1. The van der Waals surface area contributed by atoms with Crippen molar-refractivity contribution in [3.63, 3.8) is 0 Å². The Balaban J connectivity index is 2.52. The molecule has 0 aliphatic rings. The maximum absolute atomic E-state index is 14.3. The number of nitrogens with zero attached hydrogens (tertiary/aromatic N) is 3. The van der Waals surface area contributed by atoms with E-state index in [9.17, 15) is 9.18 Å². The van der Waals surface area contributed by atoms with Crippen LogP contribution in [0.4, 0.5) is 4.39 Å². The van der Waals surface area contributed by atoms with E-state index in [4.69, 9.17) is 5.73 Å². The number of carbonyl (C=O) groups is 1. The molecule has 0 saturated heterocycles. The van der Waals surface area contributed by atoms with E-state index in [1.54, 1.807) is 17.0 Å². The number of likely N-dealkylation sites (N-methyl/N-ethyl adjacent to an activating group) is 1. The third-order valence-electron chi connectivity index (χ3n) is 3.51. The van der Waals surface area contributed by atoms with Gasteiger partial charge in [-0.1, -0.05) is 6.07 Å². The highest BCUT2D eigenvalue weighted by molar-refractivity contribution is 6.00. The second-order valence-corrected chi connectivity index (χ2v) is 4.91. The lowest BCUT2D eigenvalue weighted by molar-refractivity contribution is 0.0709. The molecule has 1 amide bonds. The van der Waals surface area contributed by atoms with Crippen molar-refractivity contribution in [1.82, 2.24) is 14.9 Å². The summed E-state index contributed by atoms with van der Waals surface area (Å²) in [6.07, 6.45) is 3.03. The quantitative estimate of drug-likeness (QED) is 0.918. The minimum atomic E-state index is -0.520. The Morgan fingerprint density at radius 1 is 1.32 bits per heavy atom. The van der Waals surface area contributed by atoms with Crippen LogP contribution in [0.5, 0.6) is 0 Å². The highest BCUT2D eigenvalue weighted by Gasteiger charge is 2.24. The third-order valence-corrected chi connectivity index (χ3v) is 3.51. The molecule has 2 rings (SSSR count). The van der Waals surface area contributed by atoms with Crippen LogP contribution in [0.25, 0.3) is 11.4 Å². The highest BCUT2D eigenvalue weighted by Crippen LogP contribution is 2.25. The van der Waals surface area contributed by atoms with Gasteiger partial charge in [0, 0.05) is 31.5 Å². The van der Waals surface area contributed by atoms with Crippen LogP contribution >= 0.6 is 0 Å². The van der Waals surface area contributed by atoms with Gasteiger partial charge in [-0.25, -0.2) is 14.4 Å². The number of hydrogen-bond donors (Lipinski definition) is 1. The minimum Gasteiger partial charge on any atom is -0.335 e. The fourth-order valence-corrected chi connectivity index (χ4v) is 2.30. The number of rotatable bonds is 5. The van der Waals surface area contributed by atoms with Crippen LogP contribution in [0.1, 0.15) is 24.2 Å². The van der Waals surface area contributed by atoms with Crippen molar-refractivity contribution in [1.29, 1.82) is 0 Å². The molecule has 1 atom stereocenters. The van der Waals surface area contributed by atoms with Crippen molar-refractivity contribution in [2.45, 2.75) is 19.9 Å². The predicted molar refractivity (Wildman–Crippen MR) is 82.7 cm³/mol. The molecule has 5 nitrogen and oxygen atoms in total. The molecule has 1 heterocycles. The van der Waals surface area contributed by atoms with E-state index in [0.29, 0.717) is 13.1 Å². The normalized spacial score (nSPS) is 12.0. The summed E-state index contributed by atoms with van der Waals surface area (Å²) in [5.41, 5.74) is 6.02. The van der Waals surface area contributed by atoms with Crippen molar-refractivity contribution < 1.29 is 9.18 Å². The molecule has 0 aliphatic carbocycles. The lowest BCUT2D eigenvalue weighted by atomic mass is 10.0. The van der Waals surface area contributed by atoms with E-state index in [1.807, 2.05) is 13.8 Å². The summed E-state index contributed by atoms with van der Waals surface area (Å²) in [5.74, 6) is -0.601. The Bertz CT molecular complexity index is 648. The van der Waals surface area contributed by atoms with Crippen LogP contribution in [0, 0.1) is 5.82 Å². The van der Waals surface area contributed by atoms with Crippen molar-refractivity contribution >= 4 is 5.91 Å². The van der Waals surface area contributed by atoms with Gasteiger partial charge in [-0.05, 0) is 32.0 Å². The van der Waals surface area contributed by atoms with Gasteiger partial charge in [0.15, 0.2) is 5.82 Å². The Kier molecular flexibility index (Phi) is 5.16. The van der Waals surface area contributed by atoms with Crippen molar-refractivity contribution in [3.8, 4) is 11.4 Å². The van der Waals surface area contributed by atoms with E-state index in [1.165, 1.54) is 24.5 Å². The van der Waals surface area contributed by atoms with Crippen LogP contribution in [-0.2, 0) is 0 Å². The summed E-state index contributed by atoms with van der Waals surface area (Å²) in [5, 5.41) is 0. The second kappa shape index (κ2) is 7.09. The molecule has 6 heteroatoms. The number of hydrogen-bond acceptors (Lipinski definition) is 4. The van der Waals surface area contributed by atoms with Gasteiger partial charge in [-0.2, -0.15) is 0 Å². The Hall–Kier alpha value is -2.34. The molecule has 2 aromatic rings. The Labute approximate surface area is 129 Å². The zero-order valence-corrected chi connectivity index (χ0v) is 12.7. The van der Waals surface area contributed by atoms with Crippen LogP contribution in [-0.4, -0.2) is 39.9 Å². The molecule has 0 unspecified atom stereocenters. The predicted octanol–water partition coefficient (Wildman–Crippen LogP) is 2.09. The molecule has 116 valence electrons.